The monoisotopic (exact) mass is 452 g/mol. The van der Waals surface area contributed by atoms with E-state index in [1.165, 1.54) is 6.07 Å². The number of aryl methyl sites for hydroxylation is 1. The van der Waals surface area contributed by atoms with E-state index in [1.54, 1.807) is 19.1 Å². The highest BCUT2D eigenvalue weighted by Crippen LogP contribution is 2.40. The summed E-state index contributed by atoms with van der Waals surface area (Å²) in [5.74, 6) is 0.673. The Morgan fingerprint density at radius 1 is 1.18 bits per heavy atom. The van der Waals surface area contributed by atoms with Crippen molar-refractivity contribution < 1.29 is 13.9 Å². The first kappa shape index (κ1) is 21.8. The Bertz CT molecular complexity index is 1320. The summed E-state index contributed by atoms with van der Waals surface area (Å²) >= 11 is 0. The van der Waals surface area contributed by atoms with Crippen molar-refractivity contribution in [3.63, 3.8) is 0 Å². The Balaban J connectivity index is 1.51. The van der Waals surface area contributed by atoms with Gasteiger partial charge in [-0.3, -0.25) is 0 Å². The van der Waals surface area contributed by atoms with Crippen LogP contribution < -0.4 is 15.8 Å². The summed E-state index contributed by atoms with van der Waals surface area (Å²) in [6.07, 6.45) is 0.342. The maximum Gasteiger partial charge on any atom is 0.339 e. The lowest BCUT2D eigenvalue weighted by Gasteiger charge is -2.51. The minimum absolute atomic E-state index is 0.0377. The number of phenolic OH excluding ortho intramolecular Hbond substituents is 1. The van der Waals surface area contributed by atoms with Crippen LogP contribution in [-0.2, 0) is 6.42 Å². The number of rotatable bonds is 2. The maximum atomic E-state index is 15.5. The molecule has 1 aromatic carbocycles. The maximum absolute atomic E-state index is 15.5. The van der Waals surface area contributed by atoms with Crippen molar-refractivity contribution in [2.24, 2.45) is 0 Å². The summed E-state index contributed by atoms with van der Waals surface area (Å²) in [7, 11) is 0. The zero-order valence-electron chi connectivity index (χ0n) is 19.6. The number of benzene rings is 1. The average Bonchev–Trinajstić information content (AvgIpc) is 3.14. The Morgan fingerprint density at radius 2 is 1.94 bits per heavy atom. The van der Waals surface area contributed by atoms with Gasteiger partial charge in [-0.05, 0) is 65.7 Å². The minimum Gasteiger partial charge on any atom is -0.507 e. The van der Waals surface area contributed by atoms with E-state index in [0.717, 1.165) is 12.0 Å². The van der Waals surface area contributed by atoms with Gasteiger partial charge in [-0.1, -0.05) is 0 Å². The number of piperidine rings is 1. The van der Waals surface area contributed by atoms with Crippen LogP contribution in [0.3, 0.4) is 0 Å². The van der Waals surface area contributed by atoms with E-state index in [4.69, 9.17) is 4.42 Å². The van der Waals surface area contributed by atoms with Crippen LogP contribution in [0, 0.1) is 6.92 Å². The van der Waals surface area contributed by atoms with Gasteiger partial charge in [0.1, 0.15) is 17.5 Å². The molecular weight excluding hydrogens is 423 g/mol. The zero-order valence-corrected chi connectivity index (χ0v) is 19.6. The molecule has 33 heavy (non-hydrogen) atoms. The molecule has 3 aromatic rings. The van der Waals surface area contributed by atoms with E-state index in [1.807, 2.05) is 19.9 Å². The SMILES string of the molecule is Cc1cc2cc(-c3cc4c(nn3)N([C@H]3CC(C)(C)NC(C)(C)[C@H]3F)CC4)c(O)cc2oc1=O. The molecule has 0 spiro atoms. The fourth-order valence-electron chi connectivity index (χ4n) is 5.48. The second kappa shape index (κ2) is 7.25. The molecule has 0 unspecified atom stereocenters. The quantitative estimate of drug-likeness (QED) is 0.570. The van der Waals surface area contributed by atoms with Gasteiger partial charge in [-0.25, -0.2) is 9.18 Å². The van der Waals surface area contributed by atoms with Gasteiger partial charge in [0.15, 0.2) is 5.82 Å². The van der Waals surface area contributed by atoms with Crippen molar-refractivity contribution in [2.75, 3.05) is 11.4 Å². The van der Waals surface area contributed by atoms with Crippen molar-refractivity contribution in [3.05, 3.63) is 45.8 Å². The van der Waals surface area contributed by atoms with Gasteiger partial charge in [0, 0.05) is 45.8 Å². The molecule has 2 aromatic heterocycles. The van der Waals surface area contributed by atoms with Gasteiger partial charge in [-0.15, -0.1) is 10.2 Å². The number of aromatic hydroxyl groups is 1. The van der Waals surface area contributed by atoms with Crippen LogP contribution in [0.1, 0.15) is 45.2 Å². The molecule has 2 aliphatic heterocycles. The normalized spacial score (nSPS) is 23.6. The number of hydrogen-bond acceptors (Lipinski definition) is 7. The van der Waals surface area contributed by atoms with Crippen LogP contribution in [0.15, 0.2) is 33.5 Å². The zero-order chi connectivity index (χ0) is 23.7. The third-order valence-electron chi connectivity index (χ3n) is 6.85. The smallest absolute Gasteiger partial charge is 0.339 e. The van der Waals surface area contributed by atoms with Crippen molar-refractivity contribution >= 4 is 16.8 Å². The number of aromatic nitrogens is 2. The highest BCUT2D eigenvalue weighted by Gasteiger charge is 2.49. The van der Waals surface area contributed by atoms with Crippen LogP contribution in [0.4, 0.5) is 10.2 Å². The Kier molecular flexibility index (Phi) is 4.79. The van der Waals surface area contributed by atoms with E-state index < -0.39 is 17.3 Å². The predicted molar refractivity (Wildman–Crippen MR) is 126 cm³/mol. The third kappa shape index (κ3) is 3.66. The number of nitrogens with zero attached hydrogens (tertiary/aromatic N) is 3. The molecule has 0 radical (unpaired) electrons. The topological polar surface area (TPSA) is 91.5 Å². The molecule has 0 saturated carbocycles. The molecule has 7 nitrogen and oxygen atoms in total. The minimum atomic E-state index is -1.06. The summed E-state index contributed by atoms with van der Waals surface area (Å²) in [4.78, 5) is 13.8. The average molecular weight is 453 g/mol. The number of fused-ring (bicyclic) bond motifs is 2. The summed E-state index contributed by atoms with van der Waals surface area (Å²) < 4.78 is 20.8. The summed E-state index contributed by atoms with van der Waals surface area (Å²) in [5, 5.41) is 23.6. The molecule has 4 heterocycles. The van der Waals surface area contributed by atoms with Gasteiger partial charge in [-0.2, -0.15) is 0 Å². The second-order valence-corrected chi connectivity index (χ2v) is 10.5. The lowest BCUT2D eigenvalue weighted by molar-refractivity contribution is 0.0555. The van der Waals surface area contributed by atoms with Crippen molar-refractivity contribution in [2.45, 2.75) is 70.8 Å². The van der Waals surface area contributed by atoms with Crippen LogP contribution in [0.5, 0.6) is 5.75 Å². The fourth-order valence-corrected chi connectivity index (χ4v) is 5.48. The number of alkyl halides is 1. The predicted octanol–water partition coefficient (Wildman–Crippen LogP) is 3.88. The van der Waals surface area contributed by atoms with Gasteiger partial charge in [0.2, 0.25) is 0 Å². The van der Waals surface area contributed by atoms with E-state index in [-0.39, 0.29) is 17.3 Å². The molecule has 2 N–H and O–H groups in total. The number of hydrogen-bond donors (Lipinski definition) is 2. The van der Waals surface area contributed by atoms with Gasteiger partial charge >= 0.3 is 5.63 Å². The second-order valence-electron chi connectivity index (χ2n) is 10.5. The molecule has 0 bridgehead atoms. The highest BCUT2D eigenvalue weighted by atomic mass is 19.1. The molecule has 5 rings (SSSR count). The Morgan fingerprint density at radius 3 is 2.70 bits per heavy atom. The molecule has 1 saturated heterocycles. The van der Waals surface area contributed by atoms with E-state index in [9.17, 15) is 9.90 Å². The summed E-state index contributed by atoms with van der Waals surface area (Å²) in [6, 6.07) is 6.53. The van der Waals surface area contributed by atoms with Crippen LogP contribution in [0.25, 0.3) is 22.2 Å². The van der Waals surface area contributed by atoms with Crippen molar-refractivity contribution in [1.82, 2.24) is 15.5 Å². The van der Waals surface area contributed by atoms with Crippen molar-refractivity contribution in [3.8, 4) is 17.0 Å². The number of nitrogens with one attached hydrogen (secondary N) is 1. The van der Waals surface area contributed by atoms with Crippen molar-refractivity contribution in [1.29, 1.82) is 0 Å². The Labute approximate surface area is 191 Å². The number of halogens is 1. The molecule has 2 aliphatic rings. The number of phenols is 1. The van der Waals surface area contributed by atoms with E-state index in [0.29, 0.717) is 46.6 Å². The van der Waals surface area contributed by atoms with Gasteiger partial charge < -0.3 is 19.7 Å². The first-order valence-electron chi connectivity index (χ1n) is 11.3. The third-order valence-corrected chi connectivity index (χ3v) is 6.85. The van der Waals surface area contributed by atoms with E-state index in [2.05, 4.69) is 34.3 Å². The van der Waals surface area contributed by atoms with Crippen LogP contribution >= 0.6 is 0 Å². The molecule has 2 atom stereocenters. The van der Waals surface area contributed by atoms with E-state index >= 15 is 4.39 Å². The lowest BCUT2D eigenvalue weighted by atomic mass is 9.77. The van der Waals surface area contributed by atoms with Crippen LogP contribution in [0.2, 0.25) is 0 Å². The Hall–Kier alpha value is -3.00. The number of anilines is 1. The van der Waals surface area contributed by atoms with Gasteiger partial charge in [0.25, 0.3) is 0 Å². The first-order chi connectivity index (χ1) is 15.4. The molecule has 174 valence electrons. The molecule has 0 aliphatic carbocycles. The lowest BCUT2D eigenvalue weighted by Crippen LogP contribution is -2.69. The standard InChI is InChI=1S/C25H29FN4O3/c1-13-8-15-9-16(19(31)11-20(15)33-23(13)32)17-10-14-6-7-30(22(14)28-27-17)18-12-24(2,3)29-25(4,5)21(18)26/h8-11,18,21,29,31H,6-7,12H2,1-5H3/t18-,21-/m0/s1. The summed E-state index contributed by atoms with van der Waals surface area (Å²) in [6.45, 7) is 10.4. The van der Waals surface area contributed by atoms with Crippen LogP contribution in [-0.4, -0.2) is 45.1 Å². The first-order valence-corrected chi connectivity index (χ1v) is 11.3. The highest BCUT2D eigenvalue weighted by molar-refractivity contribution is 5.86. The fraction of sp³-hybridized carbons (Fsp3) is 0.480. The van der Waals surface area contributed by atoms with Gasteiger partial charge in [0.05, 0.1) is 11.7 Å². The molecule has 1 fully saturated rings. The molecule has 0 amide bonds. The molecule has 8 heteroatoms. The summed E-state index contributed by atoms with van der Waals surface area (Å²) in [5.41, 5.74) is 1.56. The largest absolute Gasteiger partial charge is 0.507 e. The molecular formula is C25H29FN4O3.